The van der Waals surface area contributed by atoms with Crippen molar-refractivity contribution in [1.29, 1.82) is 0 Å². The quantitative estimate of drug-likeness (QED) is 0.483. The average molecular weight is 337 g/mol. The highest BCUT2D eigenvalue weighted by atomic mass is 79.9. The van der Waals surface area contributed by atoms with E-state index in [1.807, 2.05) is 0 Å². The van der Waals surface area contributed by atoms with E-state index in [2.05, 4.69) is 31.9 Å². The topological polar surface area (TPSA) is 60.2 Å². The summed E-state index contributed by atoms with van der Waals surface area (Å²) >= 11 is 6.25. The van der Waals surface area contributed by atoms with Crippen LogP contribution >= 0.6 is 31.9 Å². The number of carbonyl (C=O) groups excluding carboxylic acids is 1. The van der Waals surface area contributed by atoms with E-state index < -0.39 is 9.75 Å². The summed E-state index contributed by atoms with van der Waals surface area (Å²) in [5.41, 5.74) is 0.538. The van der Waals surface area contributed by atoms with Gasteiger partial charge in [-0.3, -0.25) is 14.9 Å². The lowest BCUT2D eigenvalue weighted by atomic mass is 10.1. The maximum absolute atomic E-state index is 11.1. The molecule has 80 valence electrons. The molecule has 1 rings (SSSR count). The zero-order valence-corrected chi connectivity index (χ0v) is 10.9. The second kappa shape index (κ2) is 4.85. The number of alkyl halides is 1. The molecule has 15 heavy (non-hydrogen) atoms. The van der Waals surface area contributed by atoms with E-state index in [-0.39, 0.29) is 11.5 Å². The number of carbonyl (C=O) groups is 1. The van der Waals surface area contributed by atoms with E-state index in [4.69, 9.17) is 0 Å². The minimum absolute atomic E-state index is 0.0433. The van der Waals surface area contributed by atoms with E-state index in [1.54, 1.807) is 12.1 Å². The van der Waals surface area contributed by atoms with Crippen molar-refractivity contribution in [2.45, 2.75) is 11.8 Å². The summed E-state index contributed by atoms with van der Waals surface area (Å²) in [7, 11) is 0. The Kier molecular flexibility index (Phi) is 3.98. The molecule has 1 atom stereocenters. The molecule has 1 aromatic rings. The predicted molar refractivity (Wildman–Crippen MR) is 63.1 cm³/mol. The van der Waals surface area contributed by atoms with Crippen molar-refractivity contribution in [2.75, 3.05) is 0 Å². The third kappa shape index (κ3) is 2.85. The van der Waals surface area contributed by atoms with Crippen LogP contribution in [0, 0.1) is 10.1 Å². The number of ketones is 1. The van der Waals surface area contributed by atoms with Gasteiger partial charge in [-0.1, -0.05) is 22.0 Å². The summed E-state index contributed by atoms with van der Waals surface area (Å²) < 4.78 is 0.402. The largest absolute Gasteiger partial charge is 0.298 e. The number of rotatable bonds is 3. The van der Waals surface area contributed by atoms with Crippen molar-refractivity contribution < 1.29 is 9.72 Å². The first-order valence-electron chi connectivity index (χ1n) is 4.02. The molecule has 0 aliphatic heterocycles. The molecular weight excluding hydrogens is 330 g/mol. The molecular formula is C9H7Br2NO3. The predicted octanol–water partition coefficient (Wildman–Crippen LogP) is 3.38. The van der Waals surface area contributed by atoms with Crippen LogP contribution in [-0.2, 0) is 4.79 Å². The van der Waals surface area contributed by atoms with Gasteiger partial charge in [0.25, 0.3) is 5.69 Å². The second-order valence-corrected chi connectivity index (χ2v) is 4.71. The molecule has 0 spiro atoms. The maximum atomic E-state index is 11.1. The summed E-state index contributed by atoms with van der Waals surface area (Å²) in [5, 5.41) is 10.6. The standard InChI is InChI=1S/C9H7Br2NO3/c1-5(13)9(11)6-2-3-7(10)8(4-6)12(14)15/h2-4,9H,1H3. The Hall–Kier alpha value is -0.750. The van der Waals surface area contributed by atoms with Crippen LogP contribution in [0.5, 0.6) is 0 Å². The minimum Gasteiger partial charge on any atom is -0.298 e. The molecule has 0 saturated carbocycles. The summed E-state index contributed by atoms with van der Waals surface area (Å²) in [4.78, 5) is 20.7. The number of Topliss-reactive ketones (excluding diaryl/α,β-unsaturated/α-hetero) is 1. The highest BCUT2D eigenvalue weighted by molar-refractivity contribution is 9.10. The molecule has 0 N–H and O–H groups in total. The van der Waals surface area contributed by atoms with E-state index in [9.17, 15) is 14.9 Å². The van der Waals surface area contributed by atoms with Gasteiger partial charge in [0.15, 0.2) is 0 Å². The van der Waals surface area contributed by atoms with Crippen LogP contribution in [0.2, 0.25) is 0 Å². The summed E-state index contributed by atoms with van der Waals surface area (Å²) in [6, 6.07) is 4.60. The van der Waals surface area contributed by atoms with E-state index in [0.717, 1.165) is 0 Å². The highest BCUT2D eigenvalue weighted by Gasteiger charge is 2.18. The first-order chi connectivity index (χ1) is 6.93. The van der Waals surface area contributed by atoms with Gasteiger partial charge >= 0.3 is 0 Å². The fourth-order valence-corrected chi connectivity index (χ4v) is 1.74. The fourth-order valence-electron chi connectivity index (χ4n) is 1.06. The first-order valence-corrected chi connectivity index (χ1v) is 5.72. The molecule has 0 radical (unpaired) electrons. The normalized spacial score (nSPS) is 12.2. The Morgan fingerprint density at radius 3 is 2.60 bits per heavy atom. The van der Waals surface area contributed by atoms with E-state index in [1.165, 1.54) is 13.0 Å². The molecule has 0 heterocycles. The molecule has 4 nitrogen and oxygen atoms in total. The fraction of sp³-hybridized carbons (Fsp3) is 0.222. The van der Waals surface area contributed by atoms with Crippen LogP contribution < -0.4 is 0 Å². The minimum atomic E-state index is -0.496. The monoisotopic (exact) mass is 335 g/mol. The van der Waals surface area contributed by atoms with Gasteiger partial charge in [0.2, 0.25) is 0 Å². The van der Waals surface area contributed by atoms with Crippen molar-refractivity contribution in [1.82, 2.24) is 0 Å². The van der Waals surface area contributed by atoms with E-state index in [0.29, 0.717) is 10.0 Å². The van der Waals surface area contributed by atoms with Gasteiger partial charge in [0.05, 0.1) is 14.2 Å². The van der Waals surface area contributed by atoms with E-state index >= 15 is 0 Å². The lowest BCUT2D eigenvalue weighted by Crippen LogP contribution is -2.01. The van der Waals surface area contributed by atoms with Crippen LogP contribution in [0.4, 0.5) is 5.69 Å². The number of hydrogen-bond acceptors (Lipinski definition) is 3. The number of nitro groups is 1. The molecule has 0 fully saturated rings. The van der Waals surface area contributed by atoms with Gasteiger partial charge in [-0.05, 0) is 34.5 Å². The van der Waals surface area contributed by atoms with Crippen LogP contribution in [-0.4, -0.2) is 10.7 Å². The Morgan fingerprint density at radius 2 is 2.13 bits per heavy atom. The van der Waals surface area contributed by atoms with Crippen LogP contribution in [0.1, 0.15) is 17.3 Å². The number of nitro benzene ring substituents is 1. The molecule has 6 heteroatoms. The maximum Gasteiger partial charge on any atom is 0.283 e. The van der Waals surface area contributed by atoms with Crippen molar-refractivity contribution in [3.05, 3.63) is 38.3 Å². The van der Waals surface area contributed by atoms with Gasteiger partial charge in [-0.2, -0.15) is 0 Å². The molecule has 1 aromatic carbocycles. The molecule has 0 aliphatic carbocycles. The molecule has 1 unspecified atom stereocenters. The highest BCUT2D eigenvalue weighted by Crippen LogP contribution is 2.31. The Morgan fingerprint density at radius 1 is 1.53 bits per heavy atom. The van der Waals surface area contributed by atoms with Crippen molar-refractivity contribution in [3.63, 3.8) is 0 Å². The van der Waals surface area contributed by atoms with Crippen LogP contribution in [0.25, 0.3) is 0 Å². The van der Waals surface area contributed by atoms with Crippen LogP contribution in [0.15, 0.2) is 22.7 Å². The summed E-state index contributed by atoms with van der Waals surface area (Å²) in [5.74, 6) is -0.0911. The lowest BCUT2D eigenvalue weighted by Gasteiger charge is -2.06. The zero-order valence-electron chi connectivity index (χ0n) is 7.74. The smallest absolute Gasteiger partial charge is 0.283 e. The van der Waals surface area contributed by atoms with Crippen LogP contribution in [0.3, 0.4) is 0 Å². The number of hydrogen-bond donors (Lipinski definition) is 0. The van der Waals surface area contributed by atoms with Gasteiger partial charge in [-0.15, -0.1) is 0 Å². The van der Waals surface area contributed by atoms with Crippen molar-refractivity contribution in [2.24, 2.45) is 0 Å². The van der Waals surface area contributed by atoms with Crippen molar-refractivity contribution >= 4 is 43.3 Å². The SMILES string of the molecule is CC(=O)C(Br)c1ccc(Br)c([N+](=O)[O-])c1. The van der Waals surface area contributed by atoms with Gasteiger partial charge in [0.1, 0.15) is 5.78 Å². The molecule has 0 saturated heterocycles. The first kappa shape index (κ1) is 12.3. The Bertz CT molecular complexity index is 420. The third-order valence-electron chi connectivity index (χ3n) is 1.82. The molecule has 0 aromatic heterocycles. The van der Waals surface area contributed by atoms with Crippen molar-refractivity contribution in [3.8, 4) is 0 Å². The summed E-state index contributed by atoms with van der Waals surface area (Å²) in [6.45, 7) is 1.42. The third-order valence-corrected chi connectivity index (χ3v) is 3.66. The Labute approximate surface area is 103 Å². The Balaban J connectivity index is 3.18. The number of benzene rings is 1. The molecule has 0 bridgehead atoms. The van der Waals surface area contributed by atoms with Gasteiger partial charge in [-0.25, -0.2) is 0 Å². The summed E-state index contributed by atoms with van der Waals surface area (Å²) in [6.07, 6.45) is 0. The van der Waals surface area contributed by atoms with Gasteiger partial charge in [0, 0.05) is 6.07 Å². The van der Waals surface area contributed by atoms with Gasteiger partial charge < -0.3 is 0 Å². The lowest BCUT2D eigenvalue weighted by molar-refractivity contribution is -0.385. The molecule has 0 amide bonds. The zero-order chi connectivity index (χ0) is 11.6. The number of halogens is 2. The molecule has 0 aliphatic rings. The average Bonchev–Trinajstić information content (AvgIpc) is 2.16. The second-order valence-electron chi connectivity index (χ2n) is 2.94. The number of nitrogens with zero attached hydrogens (tertiary/aromatic N) is 1.